The quantitative estimate of drug-likeness (QED) is 0.283. The van der Waals surface area contributed by atoms with Crippen molar-refractivity contribution in [3.8, 4) is 0 Å². The van der Waals surface area contributed by atoms with Gasteiger partial charge in [0.15, 0.2) is 17.7 Å². The summed E-state index contributed by atoms with van der Waals surface area (Å²) in [5, 5.41) is 10.3. The number of phosphoric acid groups is 1. The number of nitrogen functional groups attached to an aromatic ring is 1. The Balaban J connectivity index is 0.00000169. The molecule has 4 rings (SSSR count). The first-order valence-corrected chi connectivity index (χ1v) is 8.32. The summed E-state index contributed by atoms with van der Waals surface area (Å²) in [5.41, 5.74) is 6.25. The molecule has 5 unspecified atom stereocenters. The zero-order valence-corrected chi connectivity index (χ0v) is 15.9. The number of rotatable bonds is 1. The van der Waals surface area contributed by atoms with Crippen molar-refractivity contribution in [2.75, 3.05) is 12.3 Å². The first-order chi connectivity index (χ1) is 10.9. The van der Waals surface area contributed by atoms with Crippen LogP contribution in [0.15, 0.2) is 6.33 Å². The second-order valence-corrected chi connectivity index (χ2v) is 6.77. The molecule has 24 heavy (non-hydrogen) atoms. The van der Waals surface area contributed by atoms with Crippen LogP contribution in [-0.2, 0) is 18.3 Å². The van der Waals surface area contributed by atoms with Crippen LogP contribution in [0.2, 0.25) is 5.28 Å². The van der Waals surface area contributed by atoms with Gasteiger partial charge < -0.3 is 29.5 Å². The Kier molecular flexibility index (Phi) is 4.95. The molecule has 124 valence electrons. The number of imidazole rings is 1. The molecular weight excluding hydrogens is 376 g/mol. The molecule has 2 aliphatic heterocycles. The van der Waals surface area contributed by atoms with E-state index in [0.29, 0.717) is 0 Å². The van der Waals surface area contributed by atoms with Gasteiger partial charge >= 0.3 is 29.6 Å². The van der Waals surface area contributed by atoms with Crippen molar-refractivity contribution in [3.63, 3.8) is 0 Å². The van der Waals surface area contributed by atoms with Gasteiger partial charge in [-0.1, -0.05) is 0 Å². The SMILES string of the molecule is Nc1nc(Cl)nc2c1ncn2C1OC2COP(=O)([O-])OC2C1O.[Na+]. The smallest absolute Gasteiger partial charge is 0.756 e. The largest absolute Gasteiger partial charge is 1.00 e. The number of halogens is 1. The Morgan fingerprint density at radius 3 is 3.00 bits per heavy atom. The topological polar surface area (TPSA) is 158 Å². The van der Waals surface area contributed by atoms with E-state index in [1.54, 1.807) is 0 Å². The molecule has 0 spiro atoms. The number of anilines is 1. The Labute approximate surface area is 162 Å². The normalized spacial score (nSPS) is 35.6. The van der Waals surface area contributed by atoms with E-state index in [1.807, 2.05) is 0 Å². The zero-order chi connectivity index (χ0) is 16.4. The maximum atomic E-state index is 11.4. The van der Waals surface area contributed by atoms with Crippen LogP contribution >= 0.6 is 19.4 Å². The number of phosphoric ester groups is 1. The van der Waals surface area contributed by atoms with Gasteiger partial charge in [-0.2, -0.15) is 9.97 Å². The van der Waals surface area contributed by atoms with Crippen LogP contribution in [0.4, 0.5) is 5.82 Å². The van der Waals surface area contributed by atoms with E-state index >= 15 is 0 Å². The maximum Gasteiger partial charge on any atom is 1.00 e. The van der Waals surface area contributed by atoms with Crippen LogP contribution in [0.3, 0.4) is 0 Å². The molecule has 5 atom stereocenters. The molecule has 0 aliphatic carbocycles. The number of ether oxygens (including phenoxy) is 1. The molecule has 2 aromatic rings. The summed E-state index contributed by atoms with van der Waals surface area (Å²) in [6.45, 7) is -0.247. The minimum Gasteiger partial charge on any atom is -0.756 e. The third-order valence-electron chi connectivity index (χ3n) is 3.65. The van der Waals surface area contributed by atoms with E-state index in [-0.39, 0.29) is 58.4 Å². The van der Waals surface area contributed by atoms with Crippen molar-refractivity contribution in [1.82, 2.24) is 19.5 Å². The predicted molar refractivity (Wildman–Crippen MR) is 73.1 cm³/mol. The van der Waals surface area contributed by atoms with Gasteiger partial charge in [-0.3, -0.25) is 9.13 Å². The monoisotopic (exact) mass is 385 g/mol. The van der Waals surface area contributed by atoms with E-state index in [1.165, 1.54) is 10.9 Å². The fraction of sp³-hybridized carbons (Fsp3) is 0.500. The summed E-state index contributed by atoms with van der Waals surface area (Å²) >= 11 is 5.79. The molecule has 0 saturated carbocycles. The van der Waals surface area contributed by atoms with Gasteiger partial charge in [0.25, 0.3) is 7.82 Å². The molecule has 14 heteroatoms. The Bertz CT molecular complexity index is 837. The number of nitrogens with two attached hydrogens (primary N) is 1. The van der Waals surface area contributed by atoms with Gasteiger partial charge in [0.1, 0.15) is 23.8 Å². The summed E-state index contributed by atoms with van der Waals surface area (Å²) in [5.74, 6) is 0.0762. The van der Waals surface area contributed by atoms with Gasteiger partial charge in [-0.15, -0.1) is 0 Å². The van der Waals surface area contributed by atoms with E-state index in [2.05, 4.69) is 19.5 Å². The Morgan fingerprint density at radius 2 is 2.25 bits per heavy atom. The summed E-state index contributed by atoms with van der Waals surface area (Å²) < 4.78 is 27.7. The van der Waals surface area contributed by atoms with Gasteiger partial charge in [-0.25, -0.2) is 4.98 Å². The summed E-state index contributed by atoms with van der Waals surface area (Å²) in [6, 6.07) is 0. The standard InChI is InChI=1S/C10H11ClN5O6P.Na/c11-10-14-7(12)4-8(15-10)16(2-13-4)9-5(17)6-3(21-9)1-20-23(18,19)22-6;/h2-3,5-6,9,17H,1H2,(H,18,19)(H2,12,14,15);/q;+1/p-1. The van der Waals surface area contributed by atoms with Crippen LogP contribution in [0.25, 0.3) is 11.2 Å². The van der Waals surface area contributed by atoms with Crippen molar-refractivity contribution >= 4 is 36.4 Å². The molecule has 0 radical (unpaired) electrons. The molecule has 2 fully saturated rings. The Hall–Kier alpha value is -0.330. The van der Waals surface area contributed by atoms with Crippen molar-refractivity contribution < 1.29 is 57.9 Å². The van der Waals surface area contributed by atoms with Crippen LogP contribution < -0.4 is 40.2 Å². The molecule has 3 N–H and O–H groups in total. The maximum absolute atomic E-state index is 11.4. The van der Waals surface area contributed by atoms with Gasteiger partial charge in [0.05, 0.1) is 12.9 Å². The third kappa shape index (κ3) is 2.99. The van der Waals surface area contributed by atoms with Crippen LogP contribution in [0.5, 0.6) is 0 Å². The number of hydrogen-bond donors (Lipinski definition) is 2. The first-order valence-electron chi connectivity index (χ1n) is 6.49. The molecule has 2 saturated heterocycles. The van der Waals surface area contributed by atoms with Crippen LogP contribution in [0, 0.1) is 0 Å². The fourth-order valence-corrected chi connectivity index (χ4v) is 3.77. The summed E-state index contributed by atoms with van der Waals surface area (Å²) in [7, 11) is -4.44. The fourth-order valence-electron chi connectivity index (χ4n) is 2.65. The van der Waals surface area contributed by atoms with Crippen LogP contribution in [-0.4, -0.2) is 49.5 Å². The zero-order valence-electron chi connectivity index (χ0n) is 12.3. The molecule has 4 heterocycles. The van der Waals surface area contributed by atoms with Crippen molar-refractivity contribution in [2.45, 2.75) is 24.5 Å². The molecule has 2 aliphatic rings. The average molecular weight is 386 g/mol. The van der Waals surface area contributed by atoms with Crippen molar-refractivity contribution in [3.05, 3.63) is 11.6 Å². The average Bonchev–Trinajstić information content (AvgIpc) is 3.00. The number of aliphatic hydroxyl groups is 1. The molecule has 0 aromatic carbocycles. The second-order valence-electron chi connectivity index (χ2n) is 5.07. The molecular formula is C10H10ClN5NaO6P. The predicted octanol–water partition coefficient (Wildman–Crippen LogP) is -3.79. The van der Waals surface area contributed by atoms with Crippen molar-refractivity contribution in [1.29, 1.82) is 0 Å². The number of aliphatic hydroxyl groups excluding tert-OH is 1. The van der Waals surface area contributed by atoms with Gasteiger partial charge in [-0.05, 0) is 11.6 Å². The number of fused-ring (bicyclic) bond motifs is 2. The first kappa shape index (κ1) is 18.5. The van der Waals surface area contributed by atoms with E-state index < -0.39 is 32.4 Å². The second kappa shape index (κ2) is 6.44. The molecule has 0 bridgehead atoms. The van der Waals surface area contributed by atoms with Gasteiger partial charge in [0.2, 0.25) is 5.28 Å². The number of nitrogens with zero attached hydrogens (tertiary/aromatic N) is 4. The number of hydrogen-bond acceptors (Lipinski definition) is 10. The molecule has 2 aromatic heterocycles. The van der Waals surface area contributed by atoms with E-state index in [0.717, 1.165) is 0 Å². The summed E-state index contributed by atoms with van der Waals surface area (Å²) in [6.07, 6.45) is -2.75. The van der Waals surface area contributed by atoms with Crippen LogP contribution in [0.1, 0.15) is 6.23 Å². The number of aromatic nitrogens is 4. The molecule has 0 amide bonds. The Morgan fingerprint density at radius 1 is 1.50 bits per heavy atom. The third-order valence-corrected chi connectivity index (χ3v) is 4.79. The minimum atomic E-state index is -4.44. The minimum absolute atomic E-state index is 0. The summed E-state index contributed by atoms with van der Waals surface area (Å²) in [4.78, 5) is 23.2. The van der Waals surface area contributed by atoms with E-state index in [4.69, 9.17) is 26.6 Å². The van der Waals surface area contributed by atoms with E-state index in [9.17, 15) is 14.6 Å². The van der Waals surface area contributed by atoms with Crippen molar-refractivity contribution in [2.24, 2.45) is 0 Å². The van der Waals surface area contributed by atoms with Gasteiger partial charge in [0, 0.05) is 0 Å². The molecule has 11 nitrogen and oxygen atoms in total.